The topological polar surface area (TPSA) is 73.7 Å². The molecule has 1 aromatic heterocycles. The normalized spacial score (nSPS) is 11.4. The zero-order valence-electron chi connectivity index (χ0n) is 8.69. The number of fused-ring (bicyclic) bond motifs is 1. The standard InChI is InChI=1S/C11H10N4O/c1-16-13-7-8(6-12)11-14-9-4-2-3-5-10(9)15-11/h2-5,7,13H,1H3,(H,14,15). The van der Waals surface area contributed by atoms with E-state index in [0.717, 1.165) is 11.0 Å². The zero-order chi connectivity index (χ0) is 11.4. The lowest BCUT2D eigenvalue weighted by atomic mass is 10.3. The maximum atomic E-state index is 8.96. The smallest absolute Gasteiger partial charge is 0.150 e. The number of allylic oxidation sites excluding steroid dienone is 1. The van der Waals surface area contributed by atoms with Crippen molar-refractivity contribution >= 4 is 16.6 Å². The Morgan fingerprint density at radius 1 is 1.56 bits per heavy atom. The van der Waals surface area contributed by atoms with Crippen LogP contribution >= 0.6 is 0 Å². The summed E-state index contributed by atoms with van der Waals surface area (Å²) in [6, 6.07) is 9.64. The van der Waals surface area contributed by atoms with E-state index >= 15 is 0 Å². The molecule has 80 valence electrons. The van der Waals surface area contributed by atoms with Crippen LogP contribution in [0.25, 0.3) is 16.6 Å². The first-order chi connectivity index (χ1) is 7.85. The van der Waals surface area contributed by atoms with Gasteiger partial charge in [-0.1, -0.05) is 12.1 Å². The average Bonchev–Trinajstić information content (AvgIpc) is 2.73. The van der Waals surface area contributed by atoms with Crippen molar-refractivity contribution in [3.05, 3.63) is 36.3 Å². The third-order valence-electron chi connectivity index (χ3n) is 2.09. The minimum atomic E-state index is 0.387. The molecule has 2 rings (SSSR count). The summed E-state index contributed by atoms with van der Waals surface area (Å²) in [5.41, 5.74) is 4.61. The number of H-pyrrole nitrogens is 1. The van der Waals surface area contributed by atoms with E-state index in [-0.39, 0.29) is 0 Å². The summed E-state index contributed by atoms with van der Waals surface area (Å²) in [5, 5.41) is 8.96. The third kappa shape index (κ3) is 1.87. The minimum Gasteiger partial charge on any atom is -0.337 e. The van der Waals surface area contributed by atoms with Crippen molar-refractivity contribution in [1.82, 2.24) is 15.4 Å². The summed E-state index contributed by atoms with van der Waals surface area (Å²) in [6.07, 6.45) is 1.46. The van der Waals surface area contributed by atoms with E-state index in [1.165, 1.54) is 13.3 Å². The van der Waals surface area contributed by atoms with Crippen molar-refractivity contribution in [2.75, 3.05) is 7.11 Å². The summed E-state index contributed by atoms with van der Waals surface area (Å²) in [4.78, 5) is 12.0. The van der Waals surface area contributed by atoms with Gasteiger partial charge in [-0.05, 0) is 12.1 Å². The summed E-state index contributed by atoms with van der Waals surface area (Å²) in [5.74, 6) is 0.522. The molecule has 0 atom stereocenters. The Labute approximate surface area is 92.3 Å². The molecule has 0 fully saturated rings. The number of hydroxylamine groups is 1. The molecule has 0 spiro atoms. The Bertz CT molecular complexity index is 532. The van der Waals surface area contributed by atoms with Gasteiger partial charge in [-0.3, -0.25) is 10.3 Å². The van der Waals surface area contributed by atoms with Crippen LogP contribution in [0.5, 0.6) is 0 Å². The van der Waals surface area contributed by atoms with Gasteiger partial charge in [0.25, 0.3) is 0 Å². The molecule has 2 N–H and O–H groups in total. The summed E-state index contributed by atoms with van der Waals surface area (Å²) in [7, 11) is 1.48. The van der Waals surface area contributed by atoms with E-state index in [2.05, 4.69) is 20.3 Å². The van der Waals surface area contributed by atoms with E-state index < -0.39 is 0 Å². The number of rotatable bonds is 3. The molecule has 1 heterocycles. The molecule has 5 nitrogen and oxygen atoms in total. The van der Waals surface area contributed by atoms with E-state index in [0.29, 0.717) is 11.4 Å². The molecule has 0 saturated heterocycles. The lowest BCUT2D eigenvalue weighted by Crippen LogP contribution is -2.02. The largest absolute Gasteiger partial charge is 0.337 e. The molecule has 0 radical (unpaired) electrons. The highest BCUT2D eigenvalue weighted by Crippen LogP contribution is 2.15. The second-order valence-electron chi connectivity index (χ2n) is 3.09. The van der Waals surface area contributed by atoms with Gasteiger partial charge in [0, 0.05) is 6.20 Å². The fourth-order valence-electron chi connectivity index (χ4n) is 1.35. The number of hydrogen-bond acceptors (Lipinski definition) is 4. The van der Waals surface area contributed by atoms with E-state index in [9.17, 15) is 0 Å². The molecule has 5 heteroatoms. The average molecular weight is 214 g/mol. The highest BCUT2D eigenvalue weighted by Gasteiger charge is 2.06. The highest BCUT2D eigenvalue weighted by atomic mass is 16.6. The lowest BCUT2D eigenvalue weighted by Gasteiger charge is -1.95. The van der Waals surface area contributed by atoms with E-state index in [1.54, 1.807) is 0 Å². The molecule has 16 heavy (non-hydrogen) atoms. The van der Waals surface area contributed by atoms with Gasteiger partial charge < -0.3 is 4.98 Å². The van der Waals surface area contributed by atoms with Crippen LogP contribution in [0.3, 0.4) is 0 Å². The van der Waals surface area contributed by atoms with Gasteiger partial charge in [-0.2, -0.15) is 5.26 Å². The molecule has 0 amide bonds. The molecule has 0 saturated carbocycles. The lowest BCUT2D eigenvalue weighted by molar-refractivity contribution is 0.129. The van der Waals surface area contributed by atoms with Crippen molar-refractivity contribution < 1.29 is 4.84 Å². The molecule has 0 unspecified atom stereocenters. The fraction of sp³-hybridized carbons (Fsp3) is 0.0909. The fourth-order valence-corrected chi connectivity index (χ4v) is 1.35. The maximum Gasteiger partial charge on any atom is 0.150 e. The summed E-state index contributed by atoms with van der Waals surface area (Å²) < 4.78 is 0. The maximum absolute atomic E-state index is 8.96. The molecule has 2 aromatic rings. The third-order valence-corrected chi connectivity index (χ3v) is 2.09. The number of benzene rings is 1. The molecular weight excluding hydrogens is 204 g/mol. The molecule has 0 aliphatic rings. The van der Waals surface area contributed by atoms with Gasteiger partial charge in [0.05, 0.1) is 18.1 Å². The monoisotopic (exact) mass is 214 g/mol. The summed E-state index contributed by atoms with van der Waals surface area (Å²) in [6.45, 7) is 0. The van der Waals surface area contributed by atoms with Crippen molar-refractivity contribution in [3.63, 3.8) is 0 Å². The van der Waals surface area contributed by atoms with Gasteiger partial charge >= 0.3 is 0 Å². The number of nitriles is 1. The van der Waals surface area contributed by atoms with Crippen LogP contribution in [0, 0.1) is 11.3 Å². The number of aromatic amines is 1. The first-order valence-corrected chi connectivity index (χ1v) is 4.69. The minimum absolute atomic E-state index is 0.387. The number of nitrogens with zero attached hydrogens (tertiary/aromatic N) is 2. The zero-order valence-corrected chi connectivity index (χ0v) is 8.69. The Kier molecular flexibility index (Phi) is 2.85. The van der Waals surface area contributed by atoms with Gasteiger partial charge in [0.15, 0.2) is 5.82 Å². The highest BCUT2D eigenvalue weighted by molar-refractivity contribution is 5.81. The second kappa shape index (κ2) is 4.47. The quantitative estimate of drug-likeness (QED) is 0.601. The van der Waals surface area contributed by atoms with Crippen LogP contribution in [0.1, 0.15) is 5.82 Å². The van der Waals surface area contributed by atoms with Gasteiger partial charge in [0.2, 0.25) is 0 Å². The first kappa shape index (κ1) is 10.2. The Hall–Kier alpha value is -2.32. The van der Waals surface area contributed by atoms with Gasteiger partial charge in [-0.25, -0.2) is 4.98 Å². The molecule has 0 aliphatic heterocycles. The second-order valence-corrected chi connectivity index (χ2v) is 3.09. The van der Waals surface area contributed by atoms with Crippen LogP contribution < -0.4 is 5.48 Å². The van der Waals surface area contributed by atoms with Gasteiger partial charge in [0.1, 0.15) is 11.6 Å². The number of hydrogen-bond donors (Lipinski definition) is 2. The molecule has 1 aromatic carbocycles. The first-order valence-electron chi connectivity index (χ1n) is 4.69. The van der Waals surface area contributed by atoms with E-state index in [1.807, 2.05) is 30.3 Å². The number of aromatic nitrogens is 2. The Morgan fingerprint density at radius 3 is 3.06 bits per heavy atom. The van der Waals surface area contributed by atoms with E-state index in [4.69, 9.17) is 5.26 Å². The number of imidazole rings is 1. The molecular formula is C11H10N4O. The van der Waals surface area contributed by atoms with Crippen molar-refractivity contribution in [2.24, 2.45) is 0 Å². The van der Waals surface area contributed by atoms with Crippen LogP contribution in [0.2, 0.25) is 0 Å². The summed E-state index contributed by atoms with van der Waals surface area (Å²) >= 11 is 0. The number of para-hydroxylation sites is 2. The Morgan fingerprint density at radius 2 is 2.38 bits per heavy atom. The van der Waals surface area contributed by atoms with Crippen LogP contribution in [-0.4, -0.2) is 17.1 Å². The number of nitrogens with one attached hydrogen (secondary N) is 2. The molecule has 0 bridgehead atoms. The molecule has 0 aliphatic carbocycles. The van der Waals surface area contributed by atoms with Crippen LogP contribution in [0.4, 0.5) is 0 Å². The van der Waals surface area contributed by atoms with Crippen LogP contribution in [-0.2, 0) is 4.84 Å². The van der Waals surface area contributed by atoms with Gasteiger partial charge in [-0.15, -0.1) is 0 Å². The predicted molar refractivity (Wildman–Crippen MR) is 59.8 cm³/mol. The Balaban J connectivity index is 2.43. The van der Waals surface area contributed by atoms with Crippen molar-refractivity contribution in [1.29, 1.82) is 5.26 Å². The van der Waals surface area contributed by atoms with Crippen molar-refractivity contribution in [2.45, 2.75) is 0 Å². The van der Waals surface area contributed by atoms with Crippen molar-refractivity contribution in [3.8, 4) is 6.07 Å². The SMILES string of the molecule is CONC=C(C#N)c1nc2ccccc2[nH]1. The van der Waals surface area contributed by atoms with Crippen LogP contribution in [0.15, 0.2) is 30.5 Å². The predicted octanol–water partition coefficient (Wildman–Crippen LogP) is 1.58.